The quantitative estimate of drug-likeness (QED) is 0.725. The van der Waals surface area contributed by atoms with E-state index in [-0.39, 0.29) is 4.90 Å². The summed E-state index contributed by atoms with van der Waals surface area (Å²) in [6.07, 6.45) is 1.77. The number of aliphatic hydroxyl groups excluding tert-OH is 1. The molecule has 0 radical (unpaired) electrons. The van der Waals surface area contributed by atoms with E-state index in [9.17, 15) is 13.5 Å². The van der Waals surface area contributed by atoms with Crippen LogP contribution in [0.25, 0.3) is 0 Å². The van der Waals surface area contributed by atoms with Gasteiger partial charge in [-0.3, -0.25) is 0 Å². The van der Waals surface area contributed by atoms with Crippen LogP contribution in [0, 0.1) is 5.92 Å². The molecule has 0 aromatic heterocycles. The van der Waals surface area contributed by atoms with Crippen molar-refractivity contribution in [1.29, 1.82) is 0 Å². The summed E-state index contributed by atoms with van der Waals surface area (Å²) < 4.78 is 26.9. The summed E-state index contributed by atoms with van der Waals surface area (Å²) in [4.78, 5) is 0.215. The van der Waals surface area contributed by atoms with Crippen LogP contribution >= 0.6 is 0 Å². The molecule has 114 valence electrons. The highest BCUT2D eigenvalue weighted by Crippen LogP contribution is 2.19. The highest BCUT2D eigenvalue weighted by molar-refractivity contribution is 7.89. The summed E-state index contributed by atoms with van der Waals surface area (Å²) >= 11 is 0. The monoisotopic (exact) mass is 299 g/mol. The number of rotatable bonds is 8. The molecule has 0 saturated carbocycles. The largest absolute Gasteiger partial charge is 0.388 e. The SMILES string of the molecule is CCC(O)c1cccc(S(=O)(=O)NCCCC(C)C)c1. The predicted octanol–water partition coefficient (Wildman–Crippen LogP) is 2.84. The van der Waals surface area contributed by atoms with Crippen LogP contribution < -0.4 is 4.72 Å². The lowest BCUT2D eigenvalue weighted by Gasteiger charge is -2.11. The lowest BCUT2D eigenvalue weighted by Crippen LogP contribution is -2.25. The zero-order chi connectivity index (χ0) is 15.2. The van der Waals surface area contributed by atoms with E-state index in [0.717, 1.165) is 12.8 Å². The number of nitrogens with one attached hydrogen (secondary N) is 1. The third-order valence-electron chi connectivity index (χ3n) is 3.19. The van der Waals surface area contributed by atoms with Crippen molar-refractivity contribution in [2.75, 3.05) is 6.54 Å². The Labute approximate surface area is 122 Å². The van der Waals surface area contributed by atoms with Crippen LogP contribution in [0.2, 0.25) is 0 Å². The second kappa shape index (κ2) is 7.76. The third-order valence-corrected chi connectivity index (χ3v) is 4.65. The first-order valence-corrected chi connectivity index (χ1v) is 8.62. The number of benzene rings is 1. The van der Waals surface area contributed by atoms with Crippen LogP contribution in [0.4, 0.5) is 0 Å². The Balaban J connectivity index is 2.72. The van der Waals surface area contributed by atoms with Crippen LogP contribution in [-0.2, 0) is 10.0 Å². The van der Waals surface area contributed by atoms with Gasteiger partial charge in [-0.15, -0.1) is 0 Å². The van der Waals surface area contributed by atoms with E-state index in [1.807, 2.05) is 6.92 Å². The minimum Gasteiger partial charge on any atom is -0.388 e. The third kappa shape index (κ3) is 5.23. The fourth-order valence-electron chi connectivity index (χ4n) is 1.92. The van der Waals surface area contributed by atoms with Crippen molar-refractivity contribution in [2.24, 2.45) is 5.92 Å². The molecule has 0 amide bonds. The summed E-state index contributed by atoms with van der Waals surface area (Å²) in [6.45, 7) is 6.53. The summed E-state index contributed by atoms with van der Waals surface area (Å²) in [5.74, 6) is 0.572. The zero-order valence-electron chi connectivity index (χ0n) is 12.5. The van der Waals surface area contributed by atoms with Gasteiger partial charge in [-0.1, -0.05) is 32.9 Å². The Morgan fingerprint density at radius 1 is 1.30 bits per heavy atom. The number of hydrogen-bond donors (Lipinski definition) is 2. The molecule has 1 rings (SSSR count). The van der Waals surface area contributed by atoms with E-state index in [1.165, 1.54) is 0 Å². The molecule has 1 aromatic carbocycles. The van der Waals surface area contributed by atoms with Crippen molar-refractivity contribution in [3.63, 3.8) is 0 Å². The molecule has 1 unspecified atom stereocenters. The number of hydrogen-bond acceptors (Lipinski definition) is 3. The Bertz CT molecular complexity index is 512. The van der Waals surface area contributed by atoms with Gasteiger partial charge >= 0.3 is 0 Å². The van der Waals surface area contributed by atoms with Crippen molar-refractivity contribution < 1.29 is 13.5 Å². The van der Waals surface area contributed by atoms with Crippen molar-refractivity contribution in [3.8, 4) is 0 Å². The van der Waals surface area contributed by atoms with Gasteiger partial charge in [0.05, 0.1) is 11.0 Å². The number of aliphatic hydroxyl groups is 1. The molecule has 0 heterocycles. The second-order valence-corrected chi connectivity index (χ2v) is 7.20. The van der Waals surface area contributed by atoms with E-state index in [4.69, 9.17) is 0 Å². The molecule has 0 saturated heterocycles. The molecular weight excluding hydrogens is 274 g/mol. The van der Waals surface area contributed by atoms with Gasteiger partial charge in [-0.2, -0.15) is 0 Å². The van der Waals surface area contributed by atoms with E-state index >= 15 is 0 Å². The maximum Gasteiger partial charge on any atom is 0.240 e. The Morgan fingerprint density at radius 2 is 2.00 bits per heavy atom. The highest BCUT2D eigenvalue weighted by atomic mass is 32.2. The van der Waals surface area contributed by atoms with Crippen molar-refractivity contribution >= 4 is 10.0 Å². The van der Waals surface area contributed by atoms with Crippen LogP contribution in [0.1, 0.15) is 51.7 Å². The van der Waals surface area contributed by atoms with Gasteiger partial charge in [0.2, 0.25) is 10.0 Å². The van der Waals surface area contributed by atoms with Gasteiger partial charge in [0.1, 0.15) is 0 Å². The molecule has 0 aliphatic heterocycles. The van der Waals surface area contributed by atoms with Gasteiger partial charge in [0, 0.05) is 6.54 Å². The molecule has 1 aromatic rings. The number of sulfonamides is 1. The molecular formula is C15H25NO3S. The Kier molecular flexibility index (Phi) is 6.65. The van der Waals surface area contributed by atoms with E-state index < -0.39 is 16.1 Å². The molecule has 1 atom stereocenters. The van der Waals surface area contributed by atoms with Gasteiger partial charge in [-0.05, 0) is 42.9 Å². The standard InChI is InChI=1S/C15H25NO3S/c1-4-15(17)13-8-5-9-14(11-13)20(18,19)16-10-6-7-12(2)3/h5,8-9,11-12,15-17H,4,6-7,10H2,1-3H3. The van der Waals surface area contributed by atoms with E-state index in [2.05, 4.69) is 18.6 Å². The topological polar surface area (TPSA) is 66.4 Å². The second-order valence-electron chi connectivity index (χ2n) is 5.43. The summed E-state index contributed by atoms with van der Waals surface area (Å²) in [5, 5.41) is 9.78. The van der Waals surface area contributed by atoms with Crippen molar-refractivity contribution in [2.45, 2.75) is 51.0 Å². The zero-order valence-corrected chi connectivity index (χ0v) is 13.3. The first-order chi connectivity index (χ1) is 9.36. The predicted molar refractivity (Wildman–Crippen MR) is 81.0 cm³/mol. The Hall–Kier alpha value is -0.910. The normalized spacial score (nSPS) is 13.7. The highest BCUT2D eigenvalue weighted by Gasteiger charge is 2.15. The minimum atomic E-state index is -3.48. The average molecular weight is 299 g/mol. The minimum absolute atomic E-state index is 0.215. The van der Waals surface area contributed by atoms with Crippen LogP contribution in [0.5, 0.6) is 0 Å². The van der Waals surface area contributed by atoms with Crippen LogP contribution in [-0.4, -0.2) is 20.1 Å². The molecule has 0 spiro atoms. The Morgan fingerprint density at radius 3 is 2.60 bits per heavy atom. The lowest BCUT2D eigenvalue weighted by molar-refractivity contribution is 0.173. The molecule has 0 fully saturated rings. The lowest BCUT2D eigenvalue weighted by atomic mass is 10.1. The van der Waals surface area contributed by atoms with Gasteiger partial charge in [0.15, 0.2) is 0 Å². The summed E-state index contributed by atoms with van der Waals surface area (Å²) in [6, 6.07) is 6.50. The molecule has 20 heavy (non-hydrogen) atoms. The van der Waals surface area contributed by atoms with Gasteiger partial charge in [0.25, 0.3) is 0 Å². The van der Waals surface area contributed by atoms with Crippen molar-refractivity contribution in [1.82, 2.24) is 4.72 Å². The van der Waals surface area contributed by atoms with Gasteiger partial charge < -0.3 is 5.11 Å². The molecule has 0 bridgehead atoms. The van der Waals surface area contributed by atoms with E-state index in [1.54, 1.807) is 24.3 Å². The summed E-state index contributed by atoms with van der Waals surface area (Å²) in [7, 11) is -3.48. The van der Waals surface area contributed by atoms with Crippen LogP contribution in [0.3, 0.4) is 0 Å². The fourth-order valence-corrected chi connectivity index (χ4v) is 3.05. The molecule has 5 heteroatoms. The van der Waals surface area contributed by atoms with E-state index in [0.29, 0.717) is 24.4 Å². The molecule has 2 N–H and O–H groups in total. The maximum atomic E-state index is 12.1. The van der Waals surface area contributed by atoms with Crippen LogP contribution in [0.15, 0.2) is 29.2 Å². The fraction of sp³-hybridized carbons (Fsp3) is 0.600. The average Bonchev–Trinajstić information content (AvgIpc) is 2.42. The molecule has 4 nitrogen and oxygen atoms in total. The smallest absolute Gasteiger partial charge is 0.240 e. The molecule has 0 aliphatic rings. The first kappa shape index (κ1) is 17.1. The maximum absolute atomic E-state index is 12.1. The van der Waals surface area contributed by atoms with Gasteiger partial charge in [-0.25, -0.2) is 13.1 Å². The van der Waals surface area contributed by atoms with Crippen molar-refractivity contribution in [3.05, 3.63) is 29.8 Å². The summed E-state index contributed by atoms with van der Waals surface area (Å²) in [5.41, 5.74) is 0.637. The first-order valence-electron chi connectivity index (χ1n) is 7.14. The molecule has 0 aliphatic carbocycles.